The Morgan fingerprint density at radius 1 is 0.686 bits per heavy atom. The van der Waals surface area contributed by atoms with E-state index in [1.807, 2.05) is 85.0 Å². The molecular formula is C30H28N2O2S. The maximum atomic E-state index is 12.9. The van der Waals surface area contributed by atoms with Crippen LogP contribution in [0.1, 0.15) is 24.0 Å². The van der Waals surface area contributed by atoms with E-state index in [4.69, 9.17) is 0 Å². The monoisotopic (exact) mass is 480 g/mol. The zero-order valence-electron chi connectivity index (χ0n) is 19.6. The van der Waals surface area contributed by atoms with Crippen molar-refractivity contribution < 1.29 is 8.42 Å². The molecule has 0 N–H and O–H groups in total. The molecule has 0 heterocycles. The molecule has 5 heteroatoms. The van der Waals surface area contributed by atoms with Crippen LogP contribution in [0.2, 0.25) is 0 Å². The van der Waals surface area contributed by atoms with Crippen molar-refractivity contribution in [2.45, 2.75) is 25.7 Å². The minimum Gasteiger partial charge on any atom is -0.228 e. The minimum atomic E-state index is -3.39. The Morgan fingerprint density at radius 2 is 1.09 bits per heavy atom. The predicted octanol–water partition coefficient (Wildman–Crippen LogP) is 5.68. The molecule has 0 fully saturated rings. The summed E-state index contributed by atoms with van der Waals surface area (Å²) in [6.07, 6.45) is 13.2. The smallest absolute Gasteiger partial charge is 0.158 e. The minimum absolute atomic E-state index is 0.0606. The zero-order valence-corrected chi connectivity index (χ0v) is 20.4. The Bertz CT molecular complexity index is 1270. The topological polar surface area (TPSA) is 81.7 Å². The summed E-state index contributed by atoms with van der Waals surface area (Å²) in [5, 5.41) is 19.6. The van der Waals surface area contributed by atoms with Crippen LogP contribution in [0.15, 0.2) is 108 Å². The number of nitriles is 2. The molecule has 0 aromatic heterocycles. The second-order valence-electron chi connectivity index (χ2n) is 9.53. The van der Waals surface area contributed by atoms with Crippen LogP contribution in [-0.4, -0.2) is 19.9 Å². The largest absolute Gasteiger partial charge is 0.228 e. The third-order valence-electron chi connectivity index (χ3n) is 6.63. The maximum Gasteiger partial charge on any atom is 0.158 e. The van der Waals surface area contributed by atoms with Crippen molar-refractivity contribution in [2.75, 3.05) is 11.5 Å². The molecule has 35 heavy (non-hydrogen) atoms. The van der Waals surface area contributed by atoms with Gasteiger partial charge in [-0.15, -0.1) is 0 Å². The number of nitrogens with zero attached hydrogens (tertiary/aromatic N) is 2. The Morgan fingerprint density at radius 3 is 1.40 bits per heavy atom. The fourth-order valence-electron chi connectivity index (χ4n) is 4.63. The Kier molecular flexibility index (Phi) is 7.20. The molecule has 2 unspecified atom stereocenters. The highest BCUT2D eigenvalue weighted by molar-refractivity contribution is 7.91. The lowest BCUT2D eigenvalue weighted by Gasteiger charge is -2.26. The fraction of sp³-hybridized carbons (Fsp3) is 0.267. The van der Waals surface area contributed by atoms with Gasteiger partial charge in [-0.25, -0.2) is 8.42 Å². The van der Waals surface area contributed by atoms with E-state index in [9.17, 15) is 18.9 Å². The molecule has 2 aliphatic rings. The molecule has 2 aromatic carbocycles. The summed E-state index contributed by atoms with van der Waals surface area (Å²) in [4.78, 5) is 0. The standard InChI is InChI=1S/C30H28N2O2S/c31-23-29(19-25-7-3-1-4-8-25)15-11-27(12-16-29)21-35(33,34)22-28-13-17-30(24-32,18-14-28)20-26-9-5-2-6-10-26/h1-15,17H,16,18-22H2. The van der Waals surface area contributed by atoms with Crippen molar-refractivity contribution >= 4 is 9.84 Å². The molecule has 2 aliphatic carbocycles. The number of rotatable bonds is 8. The molecule has 4 rings (SSSR count). The van der Waals surface area contributed by atoms with Crippen molar-refractivity contribution in [3.63, 3.8) is 0 Å². The van der Waals surface area contributed by atoms with Crippen LogP contribution in [0.25, 0.3) is 0 Å². The predicted molar refractivity (Wildman–Crippen MR) is 139 cm³/mol. The molecule has 0 spiro atoms. The van der Waals surface area contributed by atoms with Gasteiger partial charge in [0.15, 0.2) is 9.84 Å². The first-order valence-electron chi connectivity index (χ1n) is 11.7. The van der Waals surface area contributed by atoms with Crippen molar-refractivity contribution in [1.29, 1.82) is 10.5 Å². The first-order valence-corrected chi connectivity index (χ1v) is 13.5. The summed E-state index contributed by atoms with van der Waals surface area (Å²) in [6.45, 7) is 0. The fourth-order valence-corrected chi connectivity index (χ4v) is 6.18. The molecule has 0 saturated heterocycles. The number of benzene rings is 2. The summed E-state index contributed by atoms with van der Waals surface area (Å²) in [6, 6.07) is 24.6. The van der Waals surface area contributed by atoms with E-state index in [1.165, 1.54) is 0 Å². The van der Waals surface area contributed by atoms with Crippen LogP contribution in [0, 0.1) is 33.5 Å². The van der Waals surface area contributed by atoms with Crippen molar-refractivity contribution in [2.24, 2.45) is 10.8 Å². The van der Waals surface area contributed by atoms with Gasteiger partial charge in [-0.2, -0.15) is 10.5 Å². The third-order valence-corrected chi connectivity index (χ3v) is 8.18. The van der Waals surface area contributed by atoms with Gasteiger partial charge in [0.05, 0.1) is 34.5 Å². The van der Waals surface area contributed by atoms with Gasteiger partial charge in [-0.3, -0.25) is 0 Å². The average Bonchev–Trinajstić information content (AvgIpc) is 2.87. The van der Waals surface area contributed by atoms with Crippen molar-refractivity contribution in [3.05, 3.63) is 119 Å². The maximum absolute atomic E-state index is 12.9. The lowest BCUT2D eigenvalue weighted by Crippen LogP contribution is -2.23. The Balaban J connectivity index is 1.37. The van der Waals surface area contributed by atoms with E-state index in [1.54, 1.807) is 12.2 Å². The summed E-state index contributed by atoms with van der Waals surface area (Å²) in [5.74, 6) is -0.121. The number of hydrogen-bond acceptors (Lipinski definition) is 4. The molecule has 0 amide bonds. The van der Waals surface area contributed by atoms with Gasteiger partial charge < -0.3 is 0 Å². The van der Waals surface area contributed by atoms with E-state index in [-0.39, 0.29) is 11.5 Å². The molecule has 4 nitrogen and oxygen atoms in total. The van der Waals surface area contributed by atoms with Crippen molar-refractivity contribution in [1.82, 2.24) is 0 Å². The molecule has 2 atom stereocenters. The van der Waals surface area contributed by atoms with E-state index in [0.717, 1.165) is 22.3 Å². The number of sulfone groups is 1. The summed E-state index contributed by atoms with van der Waals surface area (Å²) >= 11 is 0. The van der Waals surface area contributed by atoms with Crippen molar-refractivity contribution in [3.8, 4) is 12.1 Å². The van der Waals surface area contributed by atoms with Gasteiger partial charge in [0.2, 0.25) is 0 Å². The van der Waals surface area contributed by atoms with Crippen LogP contribution in [0.4, 0.5) is 0 Å². The average molecular weight is 481 g/mol. The highest BCUT2D eigenvalue weighted by Gasteiger charge is 2.31. The summed E-state index contributed by atoms with van der Waals surface area (Å²) < 4.78 is 25.9. The molecule has 0 saturated carbocycles. The van der Waals surface area contributed by atoms with Crippen LogP contribution in [0.5, 0.6) is 0 Å². The first-order chi connectivity index (χ1) is 16.8. The van der Waals surface area contributed by atoms with Crippen LogP contribution < -0.4 is 0 Å². The van der Waals surface area contributed by atoms with Crippen LogP contribution >= 0.6 is 0 Å². The number of allylic oxidation sites excluding steroid dienone is 6. The van der Waals surface area contributed by atoms with Gasteiger partial charge in [-0.1, -0.05) is 97.1 Å². The van der Waals surface area contributed by atoms with E-state index in [2.05, 4.69) is 12.1 Å². The highest BCUT2D eigenvalue weighted by atomic mass is 32.2. The lowest BCUT2D eigenvalue weighted by atomic mass is 9.77. The highest BCUT2D eigenvalue weighted by Crippen LogP contribution is 2.35. The van der Waals surface area contributed by atoms with Gasteiger partial charge in [-0.05, 0) is 48.0 Å². The van der Waals surface area contributed by atoms with E-state index >= 15 is 0 Å². The number of hydrogen-bond donors (Lipinski definition) is 0. The third kappa shape index (κ3) is 6.27. The molecular weight excluding hydrogens is 452 g/mol. The quantitative estimate of drug-likeness (QED) is 0.487. The SMILES string of the molecule is N#CC1(Cc2ccccc2)C=CC(CS(=O)(=O)CC2=CCC(C#N)(Cc3ccccc3)C=C2)=CC1. The lowest BCUT2D eigenvalue weighted by molar-refractivity contribution is 0.504. The summed E-state index contributed by atoms with van der Waals surface area (Å²) in [7, 11) is -3.39. The zero-order chi connectivity index (χ0) is 24.8. The second-order valence-corrected chi connectivity index (χ2v) is 11.6. The van der Waals surface area contributed by atoms with Crippen LogP contribution in [0.3, 0.4) is 0 Å². The normalized spacial score (nSPS) is 23.6. The molecule has 176 valence electrons. The molecule has 0 bridgehead atoms. The molecule has 0 aliphatic heterocycles. The second kappa shape index (κ2) is 10.3. The first kappa shape index (κ1) is 24.5. The van der Waals surface area contributed by atoms with Gasteiger partial charge in [0, 0.05) is 0 Å². The van der Waals surface area contributed by atoms with Crippen LogP contribution in [-0.2, 0) is 22.7 Å². The van der Waals surface area contributed by atoms with Gasteiger partial charge in [0.1, 0.15) is 0 Å². The van der Waals surface area contributed by atoms with E-state index < -0.39 is 20.7 Å². The van der Waals surface area contributed by atoms with Gasteiger partial charge >= 0.3 is 0 Å². The molecule has 0 radical (unpaired) electrons. The Labute approximate surface area is 208 Å². The summed E-state index contributed by atoms with van der Waals surface area (Å²) in [5.41, 5.74) is 2.31. The molecule has 2 aromatic rings. The Hall–Kier alpha value is -3.67. The van der Waals surface area contributed by atoms with Gasteiger partial charge in [0.25, 0.3) is 0 Å². The van der Waals surface area contributed by atoms with E-state index in [0.29, 0.717) is 25.7 Å².